The average Bonchev–Trinajstić information content (AvgIpc) is 3.49. The van der Waals surface area contributed by atoms with Crippen molar-refractivity contribution in [3.63, 3.8) is 0 Å². The SMILES string of the molecule is CC.CCC(C)(C)OCC(C)(C)NC(=O)c1ccc2nc(CN3CCC(c4cccc(OCc5ccc(C#N)cc5F)n4)CC3)oc2c1. The maximum Gasteiger partial charge on any atom is 0.251 e. The van der Waals surface area contributed by atoms with Gasteiger partial charge in [0.25, 0.3) is 5.91 Å². The molecule has 0 spiro atoms. The van der Waals surface area contributed by atoms with Gasteiger partial charge in [-0.25, -0.2) is 14.4 Å². The highest BCUT2D eigenvalue weighted by atomic mass is 19.1. The standard InChI is InChI=1S/C36H42FN5O4.C2H6/c1-6-36(4,5)45-23-35(2,3)41-34(43)26-12-13-30-31(19-26)46-33(40-30)21-42-16-14-25(15-17-42)29-8-7-9-32(39-29)44-22-27-11-10-24(20-38)18-28(27)37;1-2/h7-13,18-19,25H,6,14-17,21-23H2,1-5H3,(H,41,43);1-2H3. The Kier molecular flexibility index (Phi) is 12.3. The molecule has 3 heterocycles. The highest BCUT2D eigenvalue weighted by Gasteiger charge is 2.27. The Labute approximate surface area is 283 Å². The fraction of sp³-hybridized carbons (Fsp3) is 0.474. The zero-order valence-corrected chi connectivity index (χ0v) is 29.2. The van der Waals surface area contributed by atoms with E-state index in [0.29, 0.717) is 41.6 Å². The number of likely N-dealkylation sites (tertiary alicyclic amines) is 1. The van der Waals surface area contributed by atoms with Gasteiger partial charge >= 0.3 is 0 Å². The van der Waals surface area contributed by atoms with E-state index < -0.39 is 11.4 Å². The minimum absolute atomic E-state index is 0.0353. The second-order valence-electron chi connectivity index (χ2n) is 13.2. The summed E-state index contributed by atoms with van der Waals surface area (Å²) >= 11 is 0. The van der Waals surface area contributed by atoms with Crippen LogP contribution in [0.4, 0.5) is 4.39 Å². The maximum absolute atomic E-state index is 14.2. The number of halogens is 1. The third-order valence-corrected chi connectivity index (χ3v) is 8.49. The third kappa shape index (κ3) is 9.85. The van der Waals surface area contributed by atoms with Crippen LogP contribution in [0.5, 0.6) is 5.88 Å². The summed E-state index contributed by atoms with van der Waals surface area (Å²) in [6.07, 6.45) is 2.72. The quantitative estimate of drug-likeness (QED) is 0.163. The largest absolute Gasteiger partial charge is 0.473 e. The Morgan fingerprint density at radius 2 is 1.83 bits per heavy atom. The summed E-state index contributed by atoms with van der Waals surface area (Å²) in [7, 11) is 0. The highest BCUT2D eigenvalue weighted by Crippen LogP contribution is 2.29. The number of carbonyl (C=O) groups is 1. The second-order valence-corrected chi connectivity index (χ2v) is 13.2. The number of carbonyl (C=O) groups excluding carboxylic acids is 1. The van der Waals surface area contributed by atoms with E-state index in [2.05, 4.69) is 22.1 Å². The van der Waals surface area contributed by atoms with E-state index >= 15 is 0 Å². The summed E-state index contributed by atoms with van der Waals surface area (Å²) in [5.74, 6) is 0.684. The van der Waals surface area contributed by atoms with Crippen molar-refractivity contribution < 1.29 is 23.1 Å². The van der Waals surface area contributed by atoms with Crippen molar-refractivity contribution in [2.45, 2.75) is 97.9 Å². The Bertz CT molecular complexity index is 1720. The van der Waals surface area contributed by atoms with Crippen LogP contribution in [0.25, 0.3) is 11.1 Å². The predicted octanol–water partition coefficient (Wildman–Crippen LogP) is 7.93. The van der Waals surface area contributed by atoms with Crippen molar-refractivity contribution in [1.82, 2.24) is 20.2 Å². The number of pyridine rings is 1. The van der Waals surface area contributed by atoms with Crippen molar-refractivity contribution >= 4 is 17.0 Å². The number of nitrogens with one attached hydrogen (secondary N) is 1. The molecule has 9 nitrogen and oxygen atoms in total. The molecule has 2 aromatic heterocycles. The molecule has 256 valence electrons. The summed E-state index contributed by atoms with van der Waals surface area (Å²) in [5.41, 5.74) is 2.63. The predicted molar refractivity (Wildman–Crippen MR) is 184 cm³/mol. The van der Waals surface area contributed by atoms with Crippen LogP contribution in [0.3, 0.4) is 0 Å². The molecule has 1 aliphatic rings. The fourth-order valence-electron chi connectivity index (χ4n) is 5.28. The molecule has 1 fully saturated rings. The number of hydrogen-bond donors (Lipinski definition) is 1. The number of nitrogens with zero attached hydrogens (tertiary/aromatic N) is 4. The van der Waals surface area contributed by atoms with Crippen molar-refractivity contribution in [3.05, 3.63) is 88.7 Å². The lowest BCUT2D eigenvalue weighted by atomic mass is 9.93. The Balaban J connectivity index is 0.00000255. The molecule has 2 aromatic carbocycles. The molecule has 10 heteroatoms. The molecule has 1 amide bonds. The first-order valence-corrected chi connectivity index (χ1v) is 16.8. The molecule has 5 rings (SSSR count). The fourth-order valence-corrected chi connectivity index (χ4v) is 5.28. The van der Waals surface area contributed by atoms with E-state index in [1.807, 2.05) is 65.8 Å². The monoisotopic (exact) mass is 657 g/mol. The second kappa shape index (κ2) is 16.2. The van der Waals surface area contributed by atoms with Gasteiger partial charge in [0.15, 0.2) is 5.58 Å². The minimum atomic E-state index is -0.535. The first-order chi connectivity index (χ1) is 22.9. The van der Waals surface area contributed by atoms with E-state index in [0.717, 1.165) is 43.6 Å². The van der Waals surface area contributed by atoms with Gasteiger partial charge in [0.2, 0.25) is 11.8 Å². The van der Waals surface area contributed by atoms with Gasteiger partial charge in [0, 0.05) is 28.8 Å². The lowest BCUT2D eigenvalue weighted by Gasteiger charge is -2.32. The highest BCUT2D eigenvalue weighted by molar-refractivity contribution is 5.97. The van der Waals surface area contributed by atoms with Gasteiger partial charge in [-0.3, -0.25) is 9.69 Å². The Morgan fingerprint density at radius 1 is 1.08 bits per heavy atom. The molecule has 0 radical (unpaired) electrons. The Morgan fingerprint density at radius 3 is 2.52 bits per heavy atom. The molecule has 4 aromatic rings. The summed E-state index contributed by atoms with van der Waals surface area (Å²) in [6.45, 7) is 16.8. The van der Waals surface area contributed by atoms with E-state index in [-0.39, 0.29) is 29.6 Å². The molecule has 1 aliphatic heterocycles. The van der Waals surface area contributed by atoms with E-state index in [1.54, 1.807) is 30.3 Å². The summed E-state index contributed by atoms with van der Waals surface area (Å²) in [4.78, 5) is 24.7. The molecule has 0 unspecified atom stereocenters. The molecule has 0 bridgehead atoms. The van der Waals surface area contributed by atoms with Gasteiger partial charge in [-0.05, 0) is 96.4 Å². The van der Waals surface area contributed by atoms with Crippen LogP contribution in [0.1, 0.15) is 107 Å². The van der Waals surface area contributed by atoms with Gasteiger partial charge < -0.3 is 19.2 Å². The van der Waals surface area contributed by atoms with Crippen molar-refractivity contribution in [2.75, 3.05) is 19.7 Å². The molecular weight excluding hydrogens is 609 g/mol. The number of rotatable bonds is 12. The van der Waals surface area contributed by atoms with Crippen molar-refractivity contribution in [2.24, 2.45) is 0 Å². The van der Waals surface area contributed by atoms with E-state index in [4.69, 9.17) is 24.1 Å². The van der Waals surface area contributed by atoms with Crippen LogP contribution in [0.15, 0.2) is 59.0 Å². The Hall–Kier alpha value is -4.33. The van der Waals surface area contributed by atoms with Crippen LogP contribution < -0.4 is 10.1 Å². The van der Waals surface area contributed by atoms with Crippen LogP contribution in [0.2, 0.25) is 0 Å². The average molecular weight is 658 g/mol. The molecule has 0 aliphatic carbocycles. The van der Waals surface area contributed by atoms with E-state index in [1.165, 1.54) is 6.07 Å². The van der Waals surface area contributed by atoms with Gasteiger partial charge in [0.1, 0.15) is 17.9 Å². The van der Waals surface area contributed by atoms with E-state index in [9.17, 15) is 9.18 Å². The number of benzene rings is 2. The lowest BCUT2D eigenvalue weighted by molar-refractivity contribution is -0.0433. The number of piperidine rings is 1. The number of nitriles is 1. The third-order valence-electron chi connectivity index (χ3n) is 8.49. The molecule has 0 atom stereocenters. The zero-order chi connectivity index (χ0) is 34.9. The van der Waals surface area contributed by atoms with Gasteiger partial charge in [0.05, 0.1) is 35.9 Å². The summed E-state index contributed by atoms with van der Waals surface area (Å²) in [5, 5.41) is 12.0. The first kappa shape index (κ1) is 36.5. The molecule has 0 saturated carbocycles. The number of oxazole rings is 1. The van der Waals surface area contributed by atoms with Crippen molar-refractivity contribution in [1.29, 1.82) is 5.26 Å². The lowest BCUT2D eigenvalue weighted by Crippen LogP contribution is -2.48. The van der Waals surface area contributed by atoms with Crippen LogP contribution >= 0.6 is 0 Å². The van der Waals surface area contributed by atoms with Crippen LogP contribution in [-0.4, -0.2) is 51.6 Å². The van der Waals surface area contributed by atoms with Gasteiger partial charge in [-0.15, -0.1) is 0 Å². The number of aromatic nitrogens is 2. The molecule has 1 N–H and O–H groups in total. The van der Waals surface area contributed by atoms with Crippen LogP contribution in [-0.2, 0) is 17.9 Å². The van der Waals surface area contributed by atoms with Gasteiger partial charge in [-0.1, -0.05) is 32.9 Å². The first-order valence-electron chi connectivity index (χ1n) is 16.8. The smallest absolute Gasteiger partial charge is 0.251 e. The maximum atomic E-state index is 14.2. The van der Waals surface area contributed by atoms with Crippen molar-refractivity contribution in [3.8, 4) is 11.9 Å². The topological polar surface area (TPSA) is 114 Å². The summed E-state index contributed by atoms with van der Waals surface area (Å²) < 4.78 is 32.1. The zero-order valence-electron chi connectivity index (χ0n) is 29.2. The minimum Gasteiger partial charge on any atom is -0.473 e. The molecule has 48 heavy (non-hydrogen) atoms. The summed E-state index contributed by atoms with van der Waals surface area (Å²) in [6, 6.07) is 17.3. The number of hydrogen-bond acceptors (Lipinski definition) is 8. The molecule has 1 saturated heterocycles. The van der Waals surface area contributed by atoms with Crippen LogP contribution in [0, 0.1) is 17.1 Å². The number of fused-ring (bicyclic) bond motifs is 1. The van der Waals surface area contributed by atoms with Gasteiger partial charge in [-0.2, -0.15) is 5.26 Å². The molecular formula is C38H48FN5O4. The number of amides is 1. The number of ether oxygens (including phenoxy) is 2. The normalized spacial score (nSPS) is 14.2.